The van der Waals surface area contributed by atoms with Crippen LogP contribution in [0.5, 0.6) is 0 Å². The lowest BCUT2D eigenvalue weighted by Crippen LogP contribution is -2.57. The van der Waals surface area contributed by atoms with Crippen molar-refractivity contribution in [3.05, 3.63) is 17.0 Å². The van der Waals surface area contributed by atoms with Gasteiger partial charge in [0.25, 0.3) is 0 Å². The van der Waals surface area contributed by atoms with Crippen molar-refractivity contribution < 1.29 is 8.42 Å². The van der Waals surface area contributed by atoms with Gasteiger partial charge < -0.3 is 10.2 Å². The average molecular weight is 497 g/mol. The standard InChI is InChI=1S/C17H31N5O2S.HI/c1-7-18-16(22-10-11-25(23,24)17(4,5)12-22)19-9-8-15-13(2)20-21(6)14(15)3;/h7-12H2,1-6H3,(H,18,19);1H. The van der Waals surface area contributed by atoms with Crippen LogP contribution in [0.15, 0.2) is 4.99 Å². The van der Waals surface area contributed by atoms with E-state index in [9.17, 15) is 8.42 Å². The molecule has 0 amide bonds. The summed E-state index contributed by atoms with van der Waals surface area (Å²) in [6.45, 7) is 12.1. The maximum absolute atomic E-state index is 12.2. The largest absolute Gasteiger partial charge is 0.357 e. The summed E-state index contributed by atoms with van der Waals surface area (Å²) in [7, 11) is -1.10. The summed E-state index contributed by atoms with van der Waals surface area (Å²) in [5.41, 5.74) is 3.46. The van der Waals surface area contributed by atoms with Gasteiger partial charge in [-0.1, -0.05) is 0 Å². The van der Waals surface area contributed by atoms with E-state index >= 15 is 0 Å². The molecule has 7 nitrogen and oxygen atoms in total. The SMILES string of the molecule is CCNC(=NCCc1c(C)nn(C)c1C)N1CCS(=O)(=O)C(C)(C)C1.I. The van der Waals surface area contributed by atoms with Crippen LogP contribution in [-0.2, 0) is 23.3 Å². The first-order valence-electron chi connectivity index (χ1n) is 8.83. The Labute approximate surface area is 174 Å². The molecule has 0 radical (unpaired) electrons. The molecule has 1 aliphatic heterocycles. The molecule has 2 rings (SSSR count). The zero-order valence-corrected chi connectivity index (χ0v) is 19.8. The molecule has 0 bridgehead atoms. The summed E-state index contributed by atoms with van der Waals surface area (Å²) in [6.07, 6.45) is 0.829. The van der Waals surface area contributed by atoms with E-state index in [1.165, 1.54) is 11.3 Å². The van der Waals surface area contributed by atoms with Crippen LogP contribution in [0.3, 0.4) is 0 Å². The van der Waals surface area contributed by atoms with E-state index in [0.29, 0.717) is 19.6 Å². The number of rotatable bonds is 4. The number of nitrogens with zero attached hydrogens (tertiary/aromatic N) is 4. The van der Waals surface area contributed by atoms with E-state index in [2.05, 4.69) is 22.2 Å². The summed E-state index contributed by atoms with van der Waals surface area (Å²) in [6, 6.07) is 0. The Bertz CT molecular complexity index is 755. The highest BCUT2D eigenvalue weighted by Crippen LogP contribution is 2.23. The summed E-state index contributed by atoms with van der Waals surface area (Å²) in [4.78, 5) is 6.80. The van der Waals surface area contributed by atoms with Crippen molar-refractivity contribution in [3.63, 3.8) is 0 Å². The van der Waals surface area contributed by atoms with E-state index in [-0.39, 0.29) is 29.7 Å². The minimum absolute atomic E-state index is 0. The maximum atomic E-state index is 12.2. The van der Waals surface area contributed by atoms with Crippen molar-refractivity contribution in [2.45, 2.75) is 45.8 Å². The maximum Gasteiger partial charge on any atom is 0.194 e. The van der Waals surface area contributed by atoms with Crippen molar-refractivity contribution in [1.29, 1.82) is 0 Å². The van der Waals surface area contributed by atoms with Gasteiger partial charge in [-0.15, -0.1) is 24.0 Å². The molecule has 1 fully saturated rings. The van der Waals surface area contributed by atoms with Gasteiger partial charge in [0.1, 0.15) is 0 Å². The normalized spacial score (nSPS) is 19.2. The van der Waals surface area contributed by atoms with Gasteiger partial charge >= 0.3 is 0 Å². The zero-order valence-electron chi connectivity index (χ0n) is 16.7. The number of nitrogens with one attached hydrogen (secondary N) is 1. The van der Waals surface area contributed by atoms with E-state index in [4.69, 9.17) is 4.99 Å². The number of hydrogen-bond donors (Lipinski definition) is 1. The highest BCUT2D eigenvalue weighted by molar-refractivity contribution is 14.0. The van der Waals surface area contributed by atoms with Crippen LogP contribution in [0, 0.1) is 13.8 Å². The van der Waals surface area contributed by atoms with Crippen LogP contribution in [0.4, 0.5) is 0 Å². The fourth-order valence-corrected chi connectivity index (χ4v) is 4.57. The molecular formula is C17H32IN5O2S. The number of aliphatic imine (C=N–C) groups is 1. The van der Waals surface area contributed by atoms with Crippen molar-refractivity contribution >= 4 is 39.8 Å². The van der Waals surface area contributed by atoms with Crippen LogP contribution >= 0.6 is 24.0 Å². The number of guanidine groups is 1. The van der Waals surface area contributed by atoms with E-state index in [1.807, 2.05) is 25.6 Å². The van der Waals surface area contributed by atoms with Gasteiger partial charge in [0.05, 0.1) is 16.2 Å². The number of sulfone groups is 1. The lowest BCUT2D eigenvalue weighted by molar-refractivity contribution is 0.353. The van der Waals surface area contributed by atoms with Gasteiger partial charge in [-0.25, -0.2) is 8.42 Å². The fourth-order valence-electron chi connectivity index (χ4n) is 3.20. The molecule has 0 unspecified atom stereocenters. The highest BCUT2D eigenvalue weighted by atomic mass is 127. The topological polar surface area (TPSA) is 79.6 Å². The monoisotopic (exact) mass is 497 g/mol. The molecule has 1 aromatic rings. The average Bonchev–Trinajstić information content (AvgIpc) is 2.75. The molecule has 0 atom stereocenters. The van der Waals surface area contributed by atoms with Gasteiger partial charge in [-0.2, -0.15) is 5.10 Å². The molecule has 0 aromatic carbocycles. The molecule has 150 valence electrons. The Morgan fingerprint density at radius 1 is 1.35 bits per heavy atom. The van der Waals surface area contributed by atoms with Crippen LogP contribution in [0.2, 0.25) is 0 Å². The Hall–Kier alpha value is -0.840. The molecule has 26 heavy (non-hydrogen) atoms. The predicted molar refractivity (Wildman–Crippen MR) is 117 cm³/mol. The van der Waals surface area contributed by atoms with E-state index < -0.39 is 14.6 Å². The predicted octanol–water partition coefficient (Wildman–Crippen LogP) is 1.67. The van der Waals surface area contributed by atoms with Crippen molar-refractivity contribution in [2.24, 2.45) is 12.0 Å². The van der Waals surface area contributed by atoms with Gasteiger partial charge in [0, 0.05) is 38.9 Å². The molecular weight excluding hydrogens is 465 g/mol. The third kappa shape index (κ3) is 4.90. The van der Waals surface area contributed by atoms with Gasteiger partial charge in [0.2, 0.25) is 0 Å². The van der Waals surface area contributed by atoms with Gasteiger partial charge in [-0.05, 0) is 46.6 Å². The number of hydrogen-bond acceptors (Lipinski definition) is 4. The second kappa shape index (κ2) is 8.90. The Morgan fingerprint density at radius 3 is 2.50 bits per heavy atom. The third-order valence-corrected chi connectivity index (χ3v) is 7.49. The van der Waals surface area contributed by atoms with E-state index in [1.54, 1.807) is 13.8 Å². The zero-order chi connectivity index (χ0) is 18.8. The second-order valence-corrected chi connectivity index (χ2v) is 10.0. The Balaban J connectivity index is 0.00000338. The quantitative estimate of drug-likeness (QED) is 0.389. The number of aromatic nitrogens is 2. The minimum atomic E-state index is -3.05. The Morgan fingerprint density at radius 2 is 2.00 bits per heavy atom. The summed E-state index contributed by atoms with van der Waals surface area (Å²) in [5.74, 6) is 0.968. The first-order chi connectivity index (χ1) is 11.6. The number of aryl methyl sites for hydroxylation is 2. The van der Waals surface area contributed by atoms with Crippen molar-refractivity contribution in [1.82, 2.24) is 20.0 Å². The molecule has 1 aliphatic rings. The molecule has 0 aliphatic carbocycles. The molecule has 1 saturated heterocycles. The Kier molecular flexibility index (Phi) is 7.94. The minimum Gasteiger partial charge on any atom is -0.357 e. The lowest BCUT2D eigenvalue weighted by Gasteiger charge is -2.39. The summed E-state index contributed by atoms with van der Waals surface area (Å²) < 4.78 is 25.6. The molecule has 1 aromatic heterocycles. The third-order valence-electron chi connectivity index (χ3n) is 4.96. The molecule has 0 spiro atoms. The smallest absolute Gasteiger partial charge is 0.194 e. The molecule has 0 saturated carbocycles. The summed E-state index contributed by atoms with van der Waals surface area (Å²) in [5, 5.41) is 7.74. The van der Waals surface area contributed by atoms with Crippen LogP contribution in [0.1, 0.15) is 37.7 Å². The van der Waals surface area contributed by atoms with Crippen LogP contribution in [0.25, 0.3) is 0 Å². The van der Waals surface area contributed by atoms with Crippen molar-refractivity contribution in [3.8, 4) is 0 Å². The van der Waals surface area contributed by atoms with Crippen molar-refractivity contribution in [2.75, 3.05) is 31.9 Å². The van der Waals surface area contributed by atoms with E-state index in [0.717, 1.165) is 24.6 Å². The first kappa shape index (κ1) is 23.2. The fraction of sp³-hybridized carbons (Fsp3) is 0.765. The number of halogens is 1. The van der Waals surface area contributed by atoms with Gasteiger partial charge in [-0.3, -0.25) is 9.67 Å². The molecule has 2 heterocycles. The van der Waals surface area contributed by atoms with Gasteiger partial charge in [0.15, 0.2) is 15.8 Å². The lowest BCUT2D eigenvalue weighted by atomic mass is 10.1. The summed E-state index contributed by atoms with van der Waals surface area (Å²) >= 11 is 0. The van der Waals surface area contributed by atoms with Crippen LogP contribution < -0.4 is 5.32 Å². The molecule has 1 N–H and O–H groups in total. The second-order valence-electron chi connectivity index (χ2n) is 7.26. The highest BCUT2D eigenvalue weighted by Gasteiger charge is 2.40. The van der Waals surface area contributed by atoms with Crippen LogP contribution in [-0.4, -0.2) is 65.7 Å². The molecule has 9 heteroatoms. The first-order valence-corrected chi connectivity index (χ1v) is 10.5.